The molecule has 2 aromatic rings. The number of amides is 2. The van der Waals surface area contributed by atoms with Crippen LogP contribution in [0.4, 0.5) is 9.80 Å². The van der Waals surface area contributed by atoms with Crippen LogP contribution in [0.15, 0.2) is 12.1 Å². The number of ether oxygens (including phenoxy) is 4. The third-order valence-electron chi connectivity index (χ3n) is 5.38. The number of nitrogens with one attached hydrogen (secondary N) is 2. The fraction of sp³-hybridized carbons (Fsp3) is 0.429. The van der Waals surface area contributed by atoms with Crippen molar-refractivity contribution in [3.05, 3.63) is 33.7 Å². The van der Waals surface area contributed by atoms with Gasteiger partial charge in [0.2, 0.25) is 5.75 Å². The Morgan fingerprint density at radius 3 is 2.48 bits per heavy atom. The lowest BCUT2D eigenvalue weighted by Gasteiger charge is -2.28. The summed E-state index contributed by atoms with van der Waals surface area (Å²) in [5.74, 6) is 1.36. The first kappa shape index (κ1) is 21.1. The van der Waals surface area contributed by atoms with Gasteiger partial charge in [-0.2, -0.15) is 0 Å². The minimum absolute atomic E-state index is 0.144. The van der Waals surface area contributed by atoms with E-state index in [9.17, 15) is 9.59 Å². The molecule has 0 saturated heterocycles. The van der Waals surface area contributed by atoms with E-state index in [0.29, 0.717) is 48.9 Å². The lowest BCUT2D eigenvalue weighted by molar-refractivity contribution is 0.0934. The summed E-state index contributed by atoms with van der Waals surface area (Å²) in [5.41, 5.74) is 2.43. The van der Waals surface area contributed by atoms with Crippen molar-refractivity contribution in [2.75, 3.05) is 39.8 Å². The van der Waals surface area contributed by atoms with E-state index in [1.54, 1.807) is 45.3 Å². The highest BCUT2D eigenvalue weighted by molar-refractivity contribution is 7.16. The lowest BCUT2D eigenvalue weighted by atomic mass is 10.0. The average molecular weight is 448 g/mol. The summed E-state index contributed by atoms with van der Waals surface area (Å²) in [4.78, 5) is 27.8. The molecule has 1 atom stereocenters. The van der Waals surface area contributed by atoms with E-state index in [4.69, 9.17) is 18.9 Å². The molecule has 2 N–H and O–H groups in total. The zero-order chi connectivity index (χ0) is 22.1. The number of carbonyl (C=O) groups is 2. The van der Waals surface area contributed by atoms with Crippen LogP contribution in [0.3, 0.4) is 0 Å². The number of rotatable bonds is 5. The van der Waals surface area contributed by atoms with Crippen molar-refractivity contribution in [1.82, 2.24) is 10.2 Å². The Morgan fingerprint density at radius 2 is 1.87 bits per heavy atom. The van der Waals surface area contributed by atoms with Gasteiger partial charge in [-0.05, 0) is 31.0 Å². The van der Waals surface area contributed by atoms with E-state index >= 15 is 0 Å². The summed E-state index contributed by atoms with van der Waals surface area (Å²) in [6.45, 7) is 3.09. The van der Waals surface area contributed by atoms with Gasteiger partial charge in [0.05, 0.1) is 40.0 Å². The van der Waals surface area contributed by atoms with Crippen molar-refractivity contribution in [2.45, 2.75) is 26.1 Å². The van der Waals surface area contributed by atoms with Gasteiger partial charge in [-0.1, -0.05) is 0 Å². The SMILES string of the molecule is CCOC(=O)N1CCc2c(sc3c2C(=O)N[C@@H](c2cc(OC)c(OC)c(OC)c2)N3)C1. The Kier molecular flexibility index (Phi) is 5.81. The molecule has 0 spiro atoms. The highest BCUT2D eigenvalue weighted by atomic mass is 32.1. The van der Waals surface area contributed by atoms with Gasteiger partial charge in [0.1, 0.15) is 11.2 Å². The van der Waals surface area contributed by atoms with Crippen LogP contribution < -0.4 is 24.8 Å². The molecule has 2 aliphatic rings. The number of nitrogens with zero attached hydrogens (tertiary/aromatic N) is 1. The number of hydrogen-bond donors (Lipinski definition) is 2. The number of benzene rings is 1. The second-order valence-corrected chi connectivity index (χ2v) is 8.19. The molecule has 0 saturated carbocycles. The molecule has 0 radical (unpaired) electrons. The Morgan fingerprint density at radius 1 is 1.16 bits per heavy atom. The first-order valence-corrected chi connectivity index (χ1v) is 10.8. The Labute approximate surface area is 184 Å². The largest absolute Gasteiger partial charge is 0.493 e. The van der Waals surface area contributed by atoms with E-state index in [1.165, 1.54) is 11.3 Å². The molecular formula is C21H25N3O6S. The molecule has 1 aromatic heterocycles. The van der Waals surface area contributed by atoms with E-state index < -0.39 is 6.17 Å². The first-order valence-electron chi connectivity index (χ1n) is 9.94. The molecule has 166 valence electrons. The summed E-state index contributed by atoms with van der Waals surface area (Å²) in [7, 11) is 4.64. The Hall–Kier alpha value is -3.14. The zero-order valence-corrected chi connectivity index (χ0v) is 18.7. The number of thiophene rings is 1. The highest BCUT2D eigenvalue weighted by Gasteiger charge is 2.35. The van der Waals surface area contributed by atoms with Crippen LogP contribution in [0.2, 0.25) is 0 Å². The van der Waals surface area contributed by atoms with Crippen LogP contribution in [-0.2, 0) is 17.7 Å². The van der Waals surface area contributed by atoms with Gasteiger partial charge in [0.15, 0.2) is 11.5 Å². The molecule has 9 nitrogen and oxygen atoms in total. The van der Waals surface area contributed by atoms with Crippen LogP contribution >= 0.6 is 11.3 Å². The topological polar surface area (TPSA) is 98.4 Å². The standard InChI is InChI=1S/C21H25N3O6S/c1-5-30-21(26)24-7-6-12-15(10-24)31-20-16(12)19(25)22-18(23-20)11-8-13(27-2)17(29-4)14(9-11)28-3/h8-9,18,23H,5-7,10H2,1-4H3,(H,22,25)/t18-/m1/s1. The number of hydrogen-bond acceptors (Lipinski definition) is 8. The van der Waals surface area contributed by atoms with Gasteiger partial charge in [0.25, 0.3) is 5.91 Å². The van der Waals surface area contributed by atoms with Gasteiger partial charge < -0.3 is 34.5 Å². The predicted molar refractivity (Wildman–Crippen MR) is 115 cm³/mol. The van der Waals surface area contributed by atoms with Gasteiger partial charge in [-0.25, -0.2) is 4.79 Å². The van der Waals surface area contributed by atoms with Gasteiger partial charge in [-0.15, -0.1) is 11.3 Å². The Balaban J connectivity index is 1.63. The summed E-state index contributed by atoms with van der Waals surface area (Å²) >= 11 is 1.50. The monoisotopic (exact) mass is 447 g/mol. The van der Waals surface area contributed by atoms with E-state index in [2.05, 4.69) is 10.6 Å². The van der Waals surface area contributed by atoms with Crippen molar-refractivity contribution in [3.8, 4) is 17.2 Å². The average Bonchev–Trinajstić information content (AvgIpc) is 3.16. The summed E-state index contributed by atoms with van der Waals surface area (Å²) in [6, 6.07) is 3.61. The number of fused-ring (bicyclic) bond motifs is 3. The predicted octanol–water partition coefficient (Wildman–Crippen LogP) is 3.14. The van der Waals surface area contributed by atoms with Gasteiger partial charge >= 0.3 is 6.09 Å². The van der Waals surface area contributed by atoms with Crippen LogP contribution in [0.25, 0.3) is 0 Å². The summed E-state index contributed by atoms with van der Waals surface area (Å²) < 4.78 is 21.4. The normalized spacial score (nSPS) is 17.1. The molecule has 4 rings (SSSR count). The van der Waals surface area contributed by atoms with Crippen molar-refractivity contribution < 1.29 is 28.5 Å². The molecule has 31 heavy (non-hydrogen) atoms. The maximum absolute atomic E-state index is 13.0. The third kappa shape index (κ3) is 3.71. The third-order valence-corrected chi connectivity index (χ3v) is 6.53. The van der Waals surface area contributed by atoms with Crippen molar-refractivity contribution in [3.63, 3.8) is 0 Å². The summed E-state index contributed by atoms with van der Waals surface area (Å²) in [6.07, 6.45) is -0.175. The van der Waals surface area contributed by atoms with Crippen LogP contribution in [0, 0.1) is 0 Å². The molecule has 10 heteroatoms. The molecule has 0 fully saturated rings. The molecule has 1 aromatic carbocycles. The second kappa shape index (κ2) is 8.54. The summed E-state index contributed by atoms with van der Waals surface area (Å²) in [5, 5.41) is 7.22. The molecule has 0 bridgehead atoms. The van der Waals surface area contributed by atoms with Gasteiger partial charge in [0, 0.05) is 17.0 Å². The van der Waals surface area contributed by atoms with Crippen LogP contribution in [-0.4, -0.2) is 51.4 Å². The van der Waals surface area contributed by atoms with E-state index in [1.807, 2.05) is 0 Å². The fourth-order valence-electron chi connectivity index (χ4n) is 3.92. The molecule has 2 amide bonds. The van der Waals surface area contributed by atoms with Crippen molar-refractivity contribution in [1.29, 1.82) is 0 Å². The second-order valence-electron chi connectivity index (χ2n) is 7.09. The zero-order valence-electron chi connectivity index (χ0n) is 17.9. The molecule has 3 heterocycles. The molecule has 2 aliphatic heterocycles. The number of carbonyl (C=O) groups excluding carboxylic acids is 2. The number of methoxy groups -OCH3 is 3. The van der Waals surface area contributed by atoms with E-state index in [0.717, 1.165) is 21.0 Å². The molecule has 0 unspecified atom stereocenters. The van der Waals surface area contributed by atoms with Crippen LogP contribution in [0.1, 0.15) is 39.5 Å². The van der Waals surface area contributed by atoms with Crippen LogP contribution in [0.5, 0.6) is 17.2 Å². The van der Waals surface area contributed by atoms with Crippen molar-refractivity contribution in [2.24, 2.45) is 0 Å². The fourth-order valence-corrected chi connectivity index (χ4v) is 5.21. The first-order chi connectivity index (χ1) is 15.0. The maximum atomic E-state index is 13.0. The van der Waals surface area contributed by atoms with Crippen molar-refractivity contribution >= 4 is 28.3 Å². The minimum Gasteiger partial charge on any atom is -0.493 e. The number of anilines is 1. The lowest BCUT2D eigenvalue weighted by Crippen LogP contribution is -2.39. The minimum atomic E-state index is -0.463. The maximum Gasteiger partial charge on any atom is 0.410 e. The van der Waals surface area contributed by atoms with Gasteiger partial charge in [-0.3, -0.25) is 4.79 Å². The Bertz CT molecular complexity index is 996. The quantitative estimate of drug-likeness (QED) is 0.727. The highest BCUT2D eigenvalue weighted by Crippen LogP contribution is 2.43. The smallest absolute Gasteiger partial charge is 0.410 e. The molecular weight excluding hydrogens is 422 g/mol. The molecule has 0 aliphatic carbocycles. The van der Waals surface area contributed by atoms with E-state index in [-0.39, 0.29) is 12.0 Å².